The number of hydrogen-bond acceptors (Lipinski definition) is 2. The third kappa shape index (κ3) is 5.32. The summed E-state index contributed by atoms with van der Waals surface area (Å²) in [6, 6.07) is 3.92. The van der Waals surface area contributed by atoms with Crippen molar-refractivity contribution < 1.29 is 27.5 Å². The van der Waals surface area contributed by atoms with Crippen molar-refractivity contribution in [2.45, 2.75) is 89.6 Å². The summed E-state index contributed by atoms with van der Waals surface area (Å²) in [6.45, 7) is 2.05. The fraction of sp³-hybridized carbons (Fsp3) is 0.577. The molecule has 2 saturated carbocycles. The van der Waals surface area contributed by atoms with E-state index >= 15 is 0 Å². The largest absolute Gasteiger partial charge is 0.416 e. The topological polar surface area (TPSA) is 54.3 Å². The number of rotatable bonds is 5. The van der Waals surface area contributed by atoms with Crippen molar-refractivity contribution in [1.29, 1.82) is 0 Å². The fourth-order valence-corrected chi connectivity index (χ4v) is 5.38. The lowest BCUT2D eigenvalue weighted by molar-refractivity contribution is -0.137. The molecule has 0 saturated heterocycles. The van der Waals surface area contributed by atoms with Gasteiger partial charge < -0.3 is 15.0 Å². The molecule has 186 valence electrons. The molecule has 2 fully saturated rings. The monoisotopic (exact) mass is 480 g/mol. The second kappa shape index (κ2) is 10.1. The molecule has 1 aromatic carbocycles. The highest BCUT2D eigenvalue weighted by Crippen LogP contribution is 2.36. The zero-order valence-electron chi connectivity index (χ0n) is 19.4. The third-order valence-electron chi connectivity index (χ3n) is 7.41. The number of benzene rings is 1. The number of halogens is 4. The van der Waals surface area contributed by atoms with E-state index in [1.54, 1.807) is 11.5 Å². The van der Waals surface area contributed by atoms with Gasteiger partial charge in [0.1, 0.15) is 5.82 Å². The first kappa shape index (κ1) is 24.8. The van der Waals surface area contributed by atoms with E-state index in [2.05, 4.69) is 5.32 Å². The number of aliphatic hydroxyl groups excluding tert-OH is 1. The van der Waals surface area contributed by atoms with Gasteiger partial charge in [0.25, 0.3) is 5.91 Å². The van der Waals surface area contributed by atoms with Crippen LogP contribution in [0.15, 0.2) is 24.3 Å². The summed E-state index contributed by atoms with van der Waals surface area (Å²) in [6.07, 6.45) is 3.19. The maximum atomic E-state index is 14.9. The maximum Gasteiger partial charge on any atom is 0.416 e. The zero-order chi connectivity index (χ0) is 24.5. The van der Waals surface area contributed by atoms with Crippen molar-refractivity contribution in [2.75, 3.05) is 0 Å². The highest BCUT2D eigenvalue weighted by molar-refractivity contribution is 5.97. The number of nitrogens with zero attached hydrogens (tertiary/aromatic N) is 1. The van der Waals surface area contributed by atoms with E-state index in [1.165, 1.54) is 6.07 Å². The lowest BCUT2D eigenvalue weighted by atomic mass is 9.86. The number of aromatic nitrogens is 1. The minimum atomic E-state index is -4.62. The van der Waals surface area contributed by atoms with Gasteiger partial charge in [-0.05, 0) is 56.9 Å². The molecule has 0 radical (unpaired) electrons. The normalized spacial score (nSPS) is 22.1. The van der Waals surface area contributed by atoms with E-state index in [9.17, 15) is 27.5 Å². The predicted molar refractivity (Wildman–Crippen MR) is 122 cm³/mol. The Balaban J connectivity index is 1.75. The number of carbonyl (C=O) groups is 1. The Morgan fingerprint density at radius 2 is 1.74 bits per heavy atom. The van der Waals surface area contributed by atoms with Gasteiger partial charge in [0.2, 0.25) is 0 Å². The molecule has 4 rings (SSSR count). The molecule has 2 N–H and O–H groups in total. The van der Waals surface area contributed by atoms with Crippen molar-refractivity contribution >= 4 is 5.91 Å². The molecule has 34 heavy (non-hydrogen) atoms. The Labute approximate surface area is 197 Å². The molecular formula is C26H32F4N2O2. The molecular weight excluding hydrogens is 448 g/mol. The third-order valence-corrected chi connectivity index (χ3v) is 7.41. The summed E-state index contributed by atoms with van der Waals surface area (Å²) < 4.78 is 56.7. The number of hydrogen-bond donors (Lipinski definition) is 2. The summed E-state index contributed by atoms with van der Waals surface area (Å²) in [7, 11) is 0. The van der Waals surface area contributed by atoms with Crippen LogP contribution in [-0.4, -0.2) is 27.7 Å². The first-order chi connectivity index (χ1) is 16.1. The molecule has 2 aliphatic carbocycles. The lowest BCUT2D eigenvalue weighted by Crippen LogP contribution is -2.36. The van der Waals surface area contributed by atoms with Gasteiger partial charge in [-0.3, -0.25) is 4.79 Å². The Bertz CT molecular complexity index is 1020. The van der Waals surface area contributed by atoms with Crippen LogP contribution >= 0.6 is 0 Å². The predicted octanol–water partition coefficient (Wildman–Crippen LogP) is 6.24. The van der Waals surface area contributed by atoms with Crippen molar-refractivity contribution in [1.82, 2.24) is 9.88 Å². The van der Waals surface area contributed by atoms with E-state index in [1.807, 2.05) is 0 Å². The minimum Gasteiger partial charge on any atom is -0.393 e. The van der Waals surface area contributed by atoms with Gasteiger partial charge in [0.15, 0.2) is 0 Å². The van der Waals surface area contributed by atoms with Crippen LogP contribution in [0.5, 0.6) is 0 Å². The molecule has 8 heteroatoms. The molecule has 0 spiro atoms. The maximum absolute atomic E-state index is 14.9. The van der Waals surface area contributed by atoms with Crippen LogP contribution in [-0.2, 0) is 12.7 Å². The SMILES string of the molecule is Cc1c(C(=O)NC2CCCCC2)cc(-c2cc(C(F)(F)F)ccc2F)n1C[C@@H]1CCCCC1O. The smallest absolute Gasteiger partial charge is 0.393 e. The van der Waals surface area contributed by atoms with Crippen LogP contribution in [0.4, 0.5) is 17.6 Å². The number of aliphatic hydroxyl groups is 1. The van der Waals surface area contributed by atoms with Crippen molar-refractivity contribution in [3.8, 4) is 11.3 Å². The minimum absolute atomic E-state index is 0.0675. The van der Waals surface area contributed by atoms with Gasteiger partial charge >= 0.3 is 6.18 Å². The second-order valence-electron chi connectivity index (χ2n) is 9.75. The summed E-state index contributed by atoms with van der Waals surface area (Å²) >= 11 is 0. The summed E-state index contributed by atoms with van der Waals surface area (Å²) in [4.78, 5) is 13.2. The molecule has 4 nitrogen and oxygen atoms in total. The van der Waals surface area contributed by atoms with Gasteiger partial charge in [-0.2, -0.15) is 13.2 Å². The Morgan fingerprint density at radius 3 is 2.41 bits per heavy atom. The van der Waals surface area contributed by atoms with Gasteiger partial charge in [0, 0.05) is 29.8 Å². The van der Waals surface area contributed by atoms with Gasteiger partial charge in [0.05, 0.1) is 22.9 Å². The Morgan fingerprint density at radius 1 is 1.06 bits per heavy atom. The standard InChI is InChI=1S/C26H32F4N2O2/c1-16-20(25(34)31-19-8-3-2-4-9-19)14-23(32(16)15-17-7-5-6-10-24(17)33)21-13-18(26(28,29)30)11-12-22(21)27/h11-14,17,19,24,33H,2-10,15H2,1H3,(H,31,34)/t17-,24?/m0/s1. The van der Waals surface area contributed by atoms with Crippen molar-refractivity contribution in [3.63, 3.8) is 0 Å². The molecule has 2 aromatic rings. The molecule has 1 aromatic heterocycles. The molecule has 1 unspecified atom stereocenters. The highest BCUT2D eigenvalue weighted by atomic mass is 19.4. The van der Waals surface area contributed by atoms with Gasteiger partial charge in [-0.15, -0.1) is 0 Å². The number of carbonyl (C=O) groups excluding carboxylic acids is 1. The van der Waals surface area contributed by atoms with E-state index in [0.717, 1.165) is 69.6 Å². The average Bonchev–Trinajstić information content (AvgIpc) is 3.11. The van der Waals surface area contributed by atoms with Gasteiger partial charge in [-0.25, -0.2) is 4.39 Å². The second-order valence-corrected chi connectivity index (χ2v) is 9.75. The zero-order valence-corrected chi connectivity index (χ0v) is 19.4. The molecule has 1 amide bonds. The molecule has 0 bridgehead atoms. The summed E-state index contributed by atoms with van der Waals surface area (Å²) in [5.74, 6) is -1.18. The summed E-state index contributed by atoms with van der Waals surface area (Å²) in [5.41, 5.74) is -0.00611. The molecule has 1 heterocycles. The highest BCUT2D eigenvalue weighted by Gasteiger charge is 2.33. The fourth-order valence-electron chi connectivity index (χ4n) is 5.38. The number of nitrogens with one attached hydrogen (secondary N) is 1. The first-order valence-electron chi connectivity index (χ1n) is 12.2. The average molecular weight is 481 g/mol. The van der Waals surface area contributed by atoms with E-state index in [-0.39, 0.29) is 29.1 Å². The van der Waals surface area contributed by atoms with Crippen LogP contribution in [0.3, 0.4) is 0 Å². The number of alkyl halides is 3. The van der Waals surface area contributed by atoms with Crippen LogP contribution in [0.25, 0.3) is 11.3 Å². The van der Waals surface area contributed by atoms with E-state index in [0.29, 0.717) is 24.2 Å². The van der Waals surface area contributed by atoms with E-state index in [4.69, 9.17) is 0 Å². The van der Waals surface area contributed by atoms with Crippen LogP contribution < -0.4 is 5.32 Å². The van der Waals surface area contributed by atoms with Crippen molar-refractivity contribution in [3.05, 3.63) is 46.9 Å². The Hall–Kier alpha value is -2.35. The first-order valence-corrected chi connectivity index (χ1v) is 12.2. The molecule has 0 aliphatic heterocycles. The van der Waals surface area contributed by atoms with E-state index < -0.39 is 23.7 Å². The van der Waals surface area contributed by atoms with Crippen molar-refractivity contribution in [2.24, 2.45) is 5.92 Å². The van der Waals surface area contributed by atoms with Crippen LogP contribution in [0.1, 0.15) is 79.4 Å². The lowest BCUT2D eigenvalue weighted by Gasteiger charge is -2.29. The Kier molecular flexibility index (Phi) is 7.36. The molecule has 2 atom stereocenters. The van der Waals surface area contributed by atoms with Crippen LogP contribution in [0.2, 0.25) is 0 Å². The van der Waals surface area contributed by atoms with Crippen LogP contribution in [0, 0.1) is 18.7 Å². The summed E-state index contributed by atoms with van der Waals surface area (Å²) in [5, 5.41) is 13.6. The molecule has 2 aliphatic rings. The quantitative estimate of drug-likeness (QED) is 0.498. The number of amides is 1. The van der Waals surface area contributed by atoms with Gasteiger partial charge in [-0.1, -0.05) is 32.1 Å².